The molecular formula is C16H19ClN4O3. The van der Waals surface area contributed by atoms with Crippen molar-refractivity contribution < 1.29 is 14.4 Å². The molecule has 2 fully saturated rings. The van der Waals surface area contributed by atoms with Gasteiger partial charge in [0.2, 0.25) is 11.8 Å². The number of rotatable bonds is 4. The maximum Gasteiger partial charge on any atom is 0.320 e. The summed E-state index contributed by atoms with van der Waals surface area (Å²) in [5, 5.41) is 3.40. The van der Waals surface area contributed by atoms with Gasteiger partial charge in [-0.2, -0.15) is 0 Å². The van der Waals surface area contributed by atoms with Gasteiger partial charge in [-0.15, -0.1) is 0 Å². The minimum atomic E-state index is -0.264. The van der Waals surface area contributed by atoms with E-state index in [2.05, 4.69) is 5.32 Å². The average Bonchev–Trinajstić information content (AvgIpc) is 3.04. The van der Waals surface area contributed by atoms with Crippen molar-refractivity contribution in [1.29, 1.82) is 0 Å². The molecule has 2 heterocycles. The van der Waals surface area contributed by atoms with Gasteiger partial charge in [-0.3, -0.25) is 9.59 Å². The Labute approximate surface area is 145 Å². The topological polar surface area (TPSA) is 73.0 Å². The molecule has 2 aliphatic rings. The fourth-order valence-corrected chi connectivity index (χ4v) is 3.18. The largest absolute Gasteiger partial charge is 0.350 e. The lowest BCUT2D eigenvalue weighted by atomic mass is 10.2. The van der Waals surface area contributed by atoms with Crippen molar-refractivity contribution >= 4 is 35.1 Å². The Hall–Kier alpha value is -2.28. The molecule has 4 amide bonds. The highest BCUT2D eigenvalue weighted by atomic mass is 35.5. The molecule has 8 heteroatoms. The van der Waals surface area contributed by atoms with E-state index < -0.39 is 0 Å². The van der Waals surface area contributed by atoms with Gasteiger partial charge in [0.25, 0.3) is 0 Å². The highest BCUT2D eigenvalue weighted by Crippen LogP contribution is 2.24. The summed E-state index contributed by atoms with van der Waals surface area (Å²) in [4.78, 5) is 40.8. The maximum atomic E-state index is 12.2. The molecule has 0 aliphatic carbocycles. The molecule has 24 heavy (non-hydrogen) atoms. The first-order chi connectivity index (χ1) is 11.4. The minimum Gasteiger partial charge on any atom is -0.350 e. The third kappa shape index (κ3) is 3.46. The van der Waals surface area contributed by atoms with Crippen LogP contribution >= 0.6 is 11.6 Å². The molecule has 128 valence electrons. The number of hydrogen-bond acceptors (Lipinski definition) is 3. The first-order valence-corrected chi connectivity index (χ1v) is 8.17. The van der Waals surface area contributed by atoms with Gasteiger partial charge in [0.1, 0.15) is 6.54 Å². The van der Waals surface area contributed by atoms with Crippen LogP contribution in [0.1, 0.15) is 6.42 Å². The highest BCUT2D eigenvalue weighted by Gasteiger charge is 2.33. The number of nitrogens with zero attached hydrogens (tertiary/aromatic N) is 3. The Morgan fingerprint density at radius 2 is 2.12 bits per heavy atom. The lowest BCUT2D eigenvalue weighted by Crippen LogP contribution is -2.44. The van der Waals surface area contributed by atoms with Crippen LogP contribution in [0.5, 0.6) is 0 Å². The first kappa shape index (κ1) is 16.6. The molecule has 2 aliphatic heterocycles. The lowest BCUT2D eigenvalue weighted by molar-refractivity contribution is -0.122. The zero-order valence-electron chi connectivity index (χ0n) is 13.4. The molecule has 3 rings (SSSR count). The van der Waals surface area contributed by atoms with E-state index in [9.17, 15) is 14.4 Å². The van der Waals surface area contributed by atoms with Crippen LogP contribution in [-0.4, -0.2) is 66.9 Å². The number of carbonyl (C=O) groups is 3. The van der Waals surface area contributed by atoms with Crippen LogP contribution in [0.2, 0.25) is 5.02 Å². The van der Waals surface area contributed by atoms with Crippen LogP contribution in [0.3, 0.4) is 0 Å². The molecule has 0 aromatic heterocycles. The van der Waals surface area contributed by atoms with Crippen LogP contribution in [0, 0.1) is 0 Å². The van der Waals surface area contributed by atoms with Gasteiger partial charge in [0.15, 0.2) is 0 Å². The van der Waals surface area contributed by atoms with E-state index in [4.69, 9.17) is 11.6 Å². The number of benzene rings is 1. The number of carbonyl (C=O) groups excluding carboxylic acids is 3. The monoisotopic (exact) mass is 350 g/mol. The van der Waals surface area contributed by atoms with Crippen molar-refractivity contribution in [2.45, 2.75) is 12.5 Å². The second kappa shape index (κ2) is 6.68. The Kier molecular flexibility index (Phi) is 4.62. The number of anilines is 1. The fourth-order valence-electron chi connectivity index (χ4n) is 2.99. The van der Waals surface area contributed by atoms with Crippen molar-refractivity contribution in [1.82, 2.24) is 15.1 Å². The summed E-state index contributed by atoms with van der Waals surface area (Å²) in [5.41, 5.74) is 0.723. The van der Waals surface area contributed by atoms with E-state index in [1.807, 2.05) is 6.07 Å². The second-order valence-corrected chi connectivity index (χ2v) is 6.51. The summed E-state index contributed by atoms with van der Waals surface area (Å²) < 4.78 is 0. The number of hydrogen-bond donors (Lipinski definition) is 1. The van der Waals surface area contributed by atoms with E-state index in [1.165, 1.54) is 4.90 Å². The summed E-state index contributed by atoms with van der Waals surface area (Å²) in [5.74, 6) is -0.302. The molecular weight excluding hydrogens is 332 g/mol. The molecule has 1 unspecified atom stereocenters. The molecule has 0 bridgehead atoms. The Morgan fingerprint density at radius 1 is 1.33 bits per heavy atom. The van der Waals surface area contributed by atoms with Crippen LogP contribution in [-0.2, 0) is 9.59 Å². The van der Waals surface area contributed by atoms with Crippen LogP contribution < -0.4 is 10.2 Å². The van der Waals surface area contributed by atoms with Gasteiger partial charge in [-0.05, 0) is 18.2 Å². The van der Waals surface area contributed by atoms with Gasteiger partial charge >= 0.3 is 6.03 Å². The van der Waals surface area contributed by atoms with Crippen LogP contribution in [0.4, 0.5) is 10.5 Å². The SMILES string of the molecule is CN1CCN(CC(=O)NC2CC(=O)N(c3cccc(Cl)c3)C2)C1=O. The molecule has 1 aromatic rings. The summed E-state index contributed by atoms with van der Waals surface area (Å²) in [6.45, 7) is 1.58. The zero-order chi connectivity index (χ0) is 17.3. The molecule has 1 atom stereocenters. The van der Waals surface area contributed by atoms with Crippen molar-refractivity contribution in [3.05, 3.63) is 29.3 Å². The van der Waals surface area contributed by atoms with E-state index in [1.54, 1.807) is 35.0 Å². The van der Waals surface area contributed by atoms with Gasteiger partial charge in [0, 0.05) is 43.8 Å². The van der Waals surface area contributed by atoms with E-state index in [0.717, 1.165) is 5.69 Å². The third-order valence-electron chi connectivity index (χ3n) is 4.25. The van der Waals surface area contributed by atoms with Crippen LogP contribution in [0.25, 0.3) is 0 Å². The van der Waals surface area contributed by atoms with Crippen LogP contribution in [0.15, 0.2) is 24.3 Å². The predicted molar refractivity (Wildman–Crippen MR) is 90.0 cm³/mol. The molecule has 1 aromatic carbocycles. The number of nitrogens with one attached hydrogen (secondary N) is 1. The van der Waals surface area contributed by atoms with Crippen molar-refractivity contribution in [2.75, 3.05) is 38.1 Å². The average molecular weight is 351 g/mol. The fraction of sp³-hybridized carbons (Fsp3) is 0.438. The summed E-state index contributed by atoms with van der Waals surface area (Å²) in [6, 6.07) is 6.66. The molecule has 0 saturated carbocycles. The Balaban J connectivity index is 1.56. The van der Waals surface area contributed by atoms with Gasteiger partial charge in [-0.1, -0.05) is 17.7 Å². The smallest absolute Gasteiger partial charge is 0.320 e. The van der Waals surface area contributed by atoms with Crippen molar-refractivity contribution in [2.24, 2.45) is 0 Å². The van der Waals surface area contributed by atoms with Gasteiger partial charge in [0.05, 0.1) is 6.04 Å². The van der Waals surface area contributed by atoms with E-state index in [0.29, 0.717) is 24.7 Å². The quantitative estimate of drug-likeness (QED) is 0.878. The van der Waals surface area contributed by atoms with Crippen molar-refractivity contribution in [3.8, 4) is 0 Å². The second-order valence-electron chi connectivity index (χ2n) is 6.08. The van der Waals surface area contributed by atoms with E-state index >= 15 is 0 Å². The Morgan fingerprint density at radius 3 is 2.79 bits per heavy atom. The Bertz CT molecular complexity index is 681. The molecule has 0 spiro atoms. The normalized spacial score (nSPS) is 20.9. The molecule has 2 saturated heterocycles. The summed E-state index contributed by atoms with van der Waals surface area (Å²) in [7, 11) is 1.71. The predicted octanol–water partition coefficient (Wildman–Crippen LogP) is 0.929. The zero-order valence-corrected chi connectivity index (χ0v) is 14.1. The van der Waals surface area contributed by atoms with Crippen molar-refractivity contribution in [3.63, 3.8) is 0 Å². The first-order valence-electron chi connectivity index (χ1n) is 7.79. The summed E-state index contributed by atoms with van der Waals surface area (Å²) in [6.07, 6.45) is 0.242. The van der Waals surface area contributed by atoms with Gasteiger partial charge in [-0.25, -0.2) is 4.79 Å². The number of urea groups is 1. The minimum absolute atomic E-state index is 0.0189. The summed E-state index contributed by atoms with van der Waals surface area (Å²) >= 11 is 5.96. The maximum absolute atomic E-state index is 12.2. The van der Waals surface area contributed by atoms with E-state index in [-0.39, 0.29) is 36.9 Å². The number of halogens is 1. The molecule has 7 nitrogen and oxygen atoms in total. The number of amides is 4. The standard InChI is InChI=1S/C16H19ClN4O3/c1-19-5-6-20(16(19)24)10-14(22)18-12-8-15(23)21(9-12)13-4-2-3-11(17)7-13/h2-4,7,12H,5-6,8-10H2,1H3,(H,18,22). The molecule has 0 radical (unpaired) electrons. The van der Waals surface area contributed by atoms with Gasteiger partial charge < -0.3 is 20.0 Å². The third-order valence-corrected chi connectivity index (χ3v) is 4.48. The highest BCUT2D eigenvalue weighted by molar-refractivity contribution is 6.30. The lowest BCUT2D eigenvalue weighted by Gasteiger charge is -2.19. The molecule has 1 N–H and O–H groups in total. The number of likely N-dealkylation sites (N-methyl/N-ethyl adjacent to an activating group) is 1.